The molecule has 1 saturated heterocycles. The summed E-state index contributed by atoms with van der Waals surface area (Å²) >= 11 is 1.71. The van der Waals surface area contributed by atoms with E-state index in [1.807, 2.05) is 6.08 Å². The molecule has 0 radical (unpaired) electrons. The topological polar surface area (TPSA) is 58.6 Å². The number of hydrogen-bond acceptors (Lipinski definition) is 4. The first-order valence-electron chi connectivity index (χ1n) is 7.47. The number of carbonyl (C=O) groups is 2. The second-order valence-electron chi connectivity index (χ2n) is 5.44. The first kappa shape index (κ1) is 16.8. The second kappa shape index (κ2) is 6.80. The van der Waals surface area contributed by atoms with Crippen LogP contribution < -0.4 is 10.2 Å². The van der Waals surface area contributed by atoms with E-state index in [-0.39, 0.29) is 17.8 Å². The van der Waals surface area contributed by atoms with Gasteiger partial charge in [-0.05, 0) is 29.9 Å². The number of nitrogens with one attached hydrogen (secondary N) is 1. The van der Waals surface area contributed by atoms with Gasteiger partial charge in [0.2, 0.25) is 0 Å². The van der Waals surface area contributed by atoms with Crippen LogP contribution in [0.2, 0.25) is 0 Å². The number of cyclic esters (lactones) is 1. The number of benzene rings is 1. The molecule has 0 unspecified atom stereocenters. The van der Waals surface area contributed by atoms with Gasteiger partial charge in [0.05, 0.1) is 12.2 Å². The van der Waals surface area contributed by atoms with Gasteiger partial charge in [-0.1, -0.05) is 6.08 Å². The zero-order valence-electron chi connectivity index (χ0n) is 13.0. The number of likely N-dealkylation sites (N-methyl/N-ethyl adjacent to an activating group) is 1. The number of allylic oxidation sites excluding steroid dienone is 1. The van der Waals surface area contributed by atoms with E-state index < -0.39 is 29.7 Å². The highest BCUT2D eigenvalue weighted by Crippen LogP contribution is 2.33. The Morgan fingerprint density at radius 1 is 1.38 bits per heavy atom. The van der Waals surface area contributed by atoms with Crippen LogP contribution in [0.25, 0.3) is 5.57 Å². The lowest BCUT2D eigenvalue weighted by molar-refractivity contribution is -0.127. The van der Waals surface area contributed by atoms with Crippen LogP contribution in [0, 0.1) is 11.6 Å². The van der Waals surface area contributed by atoms with Gasteiger partial charge in [-0.2, -0.15) is 11.8 Å². The van der Waals surface area contributed by atoms with Crippen molar-refractivity contribution in [2.45, 2.75) is 12.5 Å². The lowest BCUT2D eigenvalue weighted by Crippen LogP contribution is -2.35. The SMILES string of the molecule is CNC(=O)[C@H]1CN(c2cc(F)c(C3=CCSCC3)c(F)c2)C(=O)O1. The Balaban J connectivity index is 1.89. The molecule has 0 spiro atoms. The molecule has 1 atom stereocenters. The maximum absolute atomic E-state index is 14.5. The average Bonchev–Trinajstić information content (AvgIpc) is 2.96. The fourth-order valence-corrected chi connectivity index (χ4v) is 3.60. The third-order valence-corrected chi connectivity index (χ3v) is 4.87. The number of hydrogen-bond donors (Lipinski definition) is 1. The molecular weight excluding hydrogens is 338 g/mol. The molecule has 1 aromatic carbocycles. The van der Waals surface area contributed by atoms with Gasteiger partial charge in [-0.25, -0.2) is 13.6 Å². The Morgan fingerprint density at radius 2 is 2.08 bits per heavy atom. The molecule has 0 aromatic heterocycles. The van der Waals surface area contributed by atoms with Gasteiger partial charge in [0.15, 0.2) is 6.10 Å². The summed E-state index contributed by atoms with van der Waals surface area (Å²) in [5, 5.41) is 2.37. The fourth-order valence-electron chi connectivity index (χ4n) is 2.75. The van der Waals surface area contributed by atoms with Crippen LogP contribution in [-0.2, 0) is 9.53 Å². The van der Waals surface area contributed by atoms with E-state index in [0.717, 1.165) is 28.5 Å². The number of rotatable bonds is 3. The highest BCUT2D eigenvalue weighted by molar-refractivity contribution is 7.99. The smallest absolute Gasteiger partial charge is 0.415 e. The van der Waals surface area contributed by atoms with Crippen molar-refractivity contribution in [1.29, 1.82) is 0 Å². The van der Waals surface area contributed by atoms with Gasteiger partial charge >= 0.3 is 6.09 Å². The molecule has 1 aromatic rings. The van der Waals surface area contributed by atoms with E-state index in [9.17, 15) is 18.4 Å². The van der Waals surface area contributed by atoms with Crippen LogP contribution in [0.5, 0.6) is 0 Å². The molecule has 3 rings (SSSR count). The van der Waals surface area contributed by atoms with Gasteiger partial charge in [0.25, 0.3) is 5.91 Å². The third kappa shape index (κ3) is 3.10. The van der Waals surface area contributed by atoms with E-state index in [0.29, 0.717) is 12.0 Å². The maximum atomic E-state index is 14.5. The average molecular weight is 354 g/mol. The molecule has 24 heavy (non-hydrogen) atoms. The molecular formula is C16H16F2N2O3S. The van der Waals surface area contributed by atoms with Crippen molar-refractivity contribution in [3.63, 3.8) is 0 Å². The zero-order valence-corrected chi connectivity index (χ0v) is 13.8. The zero-order chi connectivity index (χ0) is 17.3. The molecule has 5 nitrogen and oxygen atoms in total. The largest absolute Gasteiger partial charge is 0.434 e. The van der Waals surface area contributed by atoms with E-state index in [4.69, 9.17) is 4.74 Å². The highest BCUT2D eigenvalue weighted by Gasteiger charge is 2.37. The fraction of sp³-hybridized carbons (Fsp3) is 0.375. The minimum atomic E-state index is -0.994. The molecule has 2 aliphatic heterocycles. The van der Waals surface area contributed by atoms with Crippen LogP contribution in [-0.4, -0.2) is 43.2 Å². The van der Waals surface area contributed by atoms with Crippen molar-refractivity contribution in [3.05, 3.63) is 35.4 Å². The summed E-state index contributed by atoms with van der Waals surface area (Å²) in [6.45, 7) is -0.0872. The van der Waals surface area contributed by atoms with Gasteiger partial charge in [-0.3, -0.25) is 9.69 Å². The first-order chi connectivity index (χ1) is 11.5. The van der Waals surface area contributed by atoms with Crippen LogP contribution in [0.1, 0.15) is 12.0 Å². The maximum Gasteiger partial charge on any atom is 0.415 e. The summed E-state index contributed by atoms with van der Waals surface area (Å²) in [5.41, 5.74) is 0.632. The van der Waals surface area contributed by atoms with Crippen LogP contribution >= 0.6 is 11.8 Å². The Bertz CT molecular complexity index is 700. The first-order valence-corrected chi connectivity index (χ1v) is 8.62. The monoisotopic (exact) mass is 354 g/mol. The minimum Gasteiger partial charge on any atom is -0.434 e. The van der Waals surface area contributed by atoms with Crippen molar-refractivity contribution in [1.82, 2.24) is 5.32 Å². The van der Waals surface area contributed by atoms with Gasteiger partial charge in [0, 0.05) is 18.4 Å². The van der Waals surface area contributed by atoms with Crippen molar-refractivity contribution < 1.29 is 23.1 Å². The number of carbonyl (C=O) groups excluding carboxylic acids is 2. The van der Waals surface area contributed by atoms with Crippen LogP contribution in [0.4, 0.5) is 19.3 Å². The molecule has 2 amide bonds. The second-order valence-corrected chi connectivity index (χ2v) is 6.59. The molecule has 0 saturated carbocycles. The van der Waals surface area contributed by atoms with Crippen molar-refractivity contribution in [3.8, 4) is 0 Å². The molecule has 1 fully saturated rings. The summed E-state index contributed by atoms with van der Waals surface area (Å²) in [6, 6.07) is 2.21. The van der Waals surface area contributed by atoms with Crippen LogP contribution in [0.3, 0.4) is 0 Å². The van der Waals surface area contributed by atoms with Gasteiger partial charge in [-0.15, -0.1) is 0 Å². The van der Waals surface area contributed by atoms with Crippen molar-refractivity contribution in [2.24, 2.45) is 0 Å². The van der Waals surface area contributed by atoms with E-state index >= 15 is 0 Å². The lowest BCUT2D eigenvalue weighted by atomic mass is 10.0. The quantitative estimate of drug-likeness (QED) is 0.906. The summed E-state index contributed by atoms with van der Waals surface area (Å²) in [5.74, 6) is -0.368. The summed E-state index contributed by atoms with van der Waals surface area (Å²) in [7, 11) is 1.42. The Labute approximate surface area is 142 Å². The number of ether oxygens (including phenoxy) is 1. The predicted molar refractivity (Wildman–Crippen MR) is 88.0 cm³/mol. The molecule has 0 aliphatic carbocycles. The Kier molecular flexibility index (Phi) is 4.75. The highest BCUT2D eigenvalue weighted by atomic mass is 32.2. The van der Waals surface area contributed by atoms with Gasteiger partial charge in [0.1, 0.15) is 11.6 Å². The van der Waals surface area contributed by atoms with E-state index in [2.05, 4.69) is 5.32 Å². The number of thioether (sulfide) groups is 1. The molecule has 2 aliphatic rings. The van der Waals surface area contributed by atoms with Gasteiger partial charge < -0.3 is 10.1 Å². The van der Waals surface area contributed by atoms with E-state index in [1.165, 1.54) is 7.05 Å². The van der Waals surface area contributed by atoms with Crippen molar-refractivity contribution in [2.75, 3.05) is 30.0 Å². The number of amides is 2. The van der Waals surface area contributed by atoms with Crippen molar-refractivity contribution >= 4 is 35.0 Å². The number of anilines is 1. The van der Waals surface area contributed by atoms with Crippen LogP contribution in [0.15, 0.2) is 18.2 Å². The molecule has 0 bridgehead atoms. The summed E-state index contributed by atoms with van der Waals surface area (Å²) in [6.07, 6.45) is 0.624. The Hall–Kier alpha value is -2.09. The number of nitrogens with zero attached hydrogens (tertiary/aromatic N) is 1. The third-order valence-electron chi connectivity index (χ3n) is 3.97. The lowest BCUT2D eigenvalue weighted by Gasteiger charge is -2.18. The molecule has 2 heterocycles. The Morgan fingerprint density at radius 3 is 2.67 bits per heavy atom. The molecule has 8 heteroatoms. The standard InChI is InChI=1S/C16H16F2N2O3S/c1-19-15(21)13-8-20(16(22)23-13)10-6-11(17)14(12(18)7-10)9-2-4-24-5-3-9/h2,6-7,13H,3-5,8H2,1H3,(H,19,21)/t13-/m1/s1. The summed E-state index contributed by atoms with van der Waals surface area (Å²) in [4.78, 5) is 24.5. The number of halogens is 2. The molecule has 1 N–H and O–H groups in total. The molecule has 128 valence electrons. The summed E-state index contributed by atoms with van der Waals surface area (Å²) < 4.78 is 33.8. The predicted octanol–water partition coefficient (Wildman–Crippen LogP) is 2.56. The van der Waals surface area contributed by atoms with E-state index in [1.54, 1.807) is 11.8 Å². The normalized spacial score (nSPS) is 20.6. The minimum absolute atomic E-state index is 0.0379.